The van der Waals surface area contributed by atoms with Crippen molar-refractivity contribution < 1.29 is 4.42 Å². The smallest absolute Gasteiger partial charge is 0.265 e. The maximum atomic E-state index is 11.7. The van der Waals surface area contributed by atoms with Crippen LogP contribution in [0.15, 0.2) is 26.0 Å². The fraction of sp³-hybridized carbons (Fsp3) is 0.273. The number of aryl methyl sites for hydroxylation is 2. The van der Waals surface area contributed by atoms with Crippen molar-refractivity contribution in [2.75, 3.05) is 0 Å². The Kier molecular flexibility index (Phi) is 2.96. The fourth-order valence-corrected chi connectivity index (χ4v) is 1.97. The van der Waals surface area contributed by atoms with Gasteiger partial charge < -0.3 is 9.40 Å². The summed E-state index contributed by atoms with van der Waals surface area (Å²) < 4.78 is 5.69. The summed E-state index contributed by atoms with van der Waals surface area (Å²) in [5.74, 6) is 1.30. The summed E-state index contributed by atoms with van der Waals surface area (Å²) in [6.45, 7) is 3.79. The Labute approximate surface area is 101 Å². The van der Waals surface area contributed by atoms with Crippen LogP contribution in [0.5, 0.6) is 0 Å². The molecule has 1 N–H and O–H groups in total. The molecule has 0 saturated heterocycles. The van der Waals surface area contributed by atoms with Crippen molar-refractivity contribution in [1.82, 2.24) is 9.97 Å². The number of H-pyrrole nitrogens is 1. The Morgan fingerprint density at radius 3 is 2.88 bits per heavy atom. The summed E-state index contributed by atoms with van der Waals surface area (Å²) in [6.07, 6.45) is 2.28. The van der Waals surface area contributed by atoms with Gasteiger partial charge in [0.15, 0.2) is 0 Å². The number of furan rings is 1. The molecule has 0 aliphatic carbocycles. The van der Waals surface area contributed by atoms with Crippen LogP contribution in [0.25, 0.3) is 11.4 Å². The maximum Gasteiger partial charge on any atom is 0.265 e. The first kappa shape index (κ1) is 11.1. The van der Waals surface area contributed by atoms with Gasteiger partial charge >= 0.3 is 0 Å². The third-order valence-corrected chi connectivity index (χ3v) is 3.20. The molecule has 0 saturated carbocycles. The van der Waals surface area contributed by atoms with Crippen molar-refractivity contribution in [2.24, 2.45) is 0 Å². The van der Waals surface area contributed by atoms with Crippen LogP contribution in [0, 0.1) is 6.92 Å². The minimum atomic E-state index is -0.164. The lowest BCUT2D eigenvalue weighted by atomic mass is 10.2. The van der Waals surface area contributed by atoms with Crippen LogP contribution in [0.1, 0.15) is 18.4 Å². The molecule has 2 aromatic rings. The zero-order valence-corrected chi connectivity index (χ0v) is 10.6. The van der Waals surface area contributed by atoms with Crippen LogP contribution in [0.2, 0.25) is 0 Å². The van der Waals surface area contributed by atoms with E-state index < -0.39 is 0 Å². The van der Waals surface area contributed by atoms with Gasteiger partial charge in [0.25, 0.3) is 5.56 Å². The highest BCUT2D eigenvalue weighted by Gasteiger charge is 2.11. The highest BCUT2D eigenvalue weighted by Crippen LogP contribution is 2.21. The molecule has 0 spiro atoms. The Morgan fingerprint density at radius 1 is 1.56 bits per heavy atom. The molecule has 0 unspecified atom stereocenters. The highest BCUT2D eigenvalue weighted by molar-refractivity contribution is 9.10. The monoisotopic (exact) mass is 282 g/mol. The normalized spacial score (nSPS) is 10.7. The van der Waals surface area contributed by atoms with E-state index in [0.29, 0.717) is 16.7 Å². The van der Waals surface area contributed by atoms with Crippen LogP contribution < -0.4 is 5.56 Å². The number of hydrogen-bond acceptors (Lipinski definition) is 3. The first-order valence-electron chi connectivity index (χ1n) is 4.96. The van der Waals surface area contributed by atoms with Gasteiger partial charge in [-0.3, -0.25) is 4.79 Å². The van der Waals surface area contributed by atoms with Crippen LogP contribution in [0.4, 0.5) is 0 Å². The Balaban J connectivity index is 2.64. The van der Waals surface area contributed by atoms with Crippen molar-refractivity contribution in [3.63, 3.8) is 0 Å². The zero-order valence-electron chi connectivity index (χ0n) is 9.00. The predicted molar refractivity (Wildman–Crippen MR) is 64.4 cm³/mol. The Hall–Kier alpha value is -1.36. The van der Waals surface area contributed by atoms with Crippen molar-refractivity contribution >= 4 is 15.9 Å². The number of aromatic nitrogens is 2. The van der Waals surface area contributed by atoms with E-state index in [1.807, 2.05) is 13.8 Å². The topological polar surface area (TPSA) is 58.9 Å². The molecule has 0 bridgehead atoms. The quantitative estimate of drug-likeness (QED) is 0.921. The third-order valence-electron chi connectivity index (χ3n) is 2.38. The van der Waals surface area contributed by atoms with Gasteiger partial charge in [-0.15, -0.1) is 0 Å². The second kappa shape index (κ2) is 4.25. The summed E-state index contributed by atoms with van der Waals surface area (Å²) in [5, 5.41) is 0. The zero-order chi connectivity index (χ0) is 11.7. The molecule has 2 heterocycles. The van der Waals surface area contributed by atoms with Gasteiger partial charge in [0.05, 0.1) is 17.5 Å². The number of halogens is 1. The number of aromatic amines is 1. The van der Waals surface area contributed by atoms with E-state index >= 15 is 0 Å². The lowest BCUT2D eigenvalue weighted by molar-refractivity contribution is 0.535. The standard InChI is InChI=1S/C11H11BrN2O2/c1-3-8-9(12)11(15)14-10(13-8)7-4-5-16-6(7)2/h4-5H,3H2,1-2H3,(H,13,14,15). The first-order chi connectivity index (χ1) is 7.63. The lowest BCUT2D eigenvalue weighted by Crippen LogP contribution is -2.13. The van der Waals surface area contributed by atoms with Crippen molar-refractivity contribution in [3.05, 3.63) is 38.6 Å². The maximum absolute atomic E-state index is 11.7. The molecule has 2 aromatic heterocycles. The Morgan fingerprint density at radius 2 is 2.31 bits per heavy atom. The fourth-order valence-electron chi connectivity index (χ4n) is 1.50. The van der Waals surface area contributed by atoms with Crippen molar-refractivity contribution in [1.29, 1.82) is 0 Å². The van der Waals surface area contributed by atoms with Crippen LogP contribution in [0.3, 0.4) is 0 Å². The van der Waals surface area contributed by atoms with Crippen molar-refractivity contribution in [2.45, 2.75) is 20.3 Å². The summed E-state index contributed by atoms with van der Waals surface area (Å²) in [6, 6.07) is 1.79. The van der Waals surface area contributed by atoms with E-state index in [1.54, 1.807) is 12.3 Å². The Bertz CT molecular complexity index is 572. The molecular formula is C11H11BrN2O2. The average Bonchev–Trinajstić information content (AvgIpc) is 2.68. The summed E-state index contributed by atoms with van der Waals surface area (Å²) >= 11 is 3.23. The number of hydrogen-bond donors (Lipinski definition) is 1. The van der Waals surface area contributed by atoms with E-state index in [1.165, 1.54) is 0 Å². The highest BCUT2D eigenvalue weighted by atomic mass is 79.9. The molecule has 2 rings (SSSR count). The summed E-state index contributed by atoms with van der Waals surface area (Å²) in [7, 11) is 0. The van der Waals surface area contributed by atoms with Gasteiger partial charge in [-0.1, -0.05) is 6.92 Å². The molecule has 0 fully saturated rings. The summed E-state index contributed by atoms with van der Waals surface area (Å²) in [4.78, 5) is 18.8. The van der Waals surface area contributed by atoms with Crippen LogP contribution >= 0.6 is 15.9 Å². The van der Waals surface area contributed by atoms with Gasteiger partial charge in [0.1, 0.15) is 16.1 Å². The summed E-state index contributed by atoms with van der Waals surface area (Å²) in [5.41, 5.74) is 1.40. The molecule has 0 aromatic carbocycles. The van der Waals surface area contributed by atoms with E-state index in [9.17, 15) is 4.79 Å². The van der Waals surface area contributed by atoms with Gasteiger partial charge in [-0.2, -0.15) is 0 Å². The van der Waals surface area contributed by atoms with Gasteiger partial charge in [0.2, 0.25) is 0 Å². The predicted octanol–water partition coefficient (Wildman–Crippen LogP) is 2.66. The van der Waals surface area contributed by atoms with Crippen LogP contribution in [-0.2, 0) is 6.42 Å². The molecule has 84 valence electrons. The second-order valence-corrected chi connectivity index (χ2v) is 4.21. The van der Waals surface area contributed by atoms with Crippen LogP contribution in [-0.4, -0.2) is 9.97 Å². The number of nitrogens with one attached hydrogen (secondary N) is 1. The molecule has 0 aliphatic heterocycles. The van der Waals surface area contributed by atoms with E-state index in [4.69, 9.17) is 4.42 Å². The van der Waals surface area contributed by atoms with Gasteiger partial charge in [-0.25, -0.2) is 4.98 Å². The van der Waals surface area contributed by atoms with Crippen molar-refractivity contribution in [3.8, 4) is 11.4 Å². The molecule has 0 amide bonds. The van der Waals surface area contributed by atoms with E-state index in [2.05, 4.69) is 25.9 Å². The minimum absolute atomic E-state index is 0.164. The molecular weight excluding hydrogens is 272 g/mol. The molecule has 0 atom stereocenters. The minimum Gasteiger partial charge on any atom is -0.469 e. The van der Waals surface area contributed by atoms with Gasteiger partial charge in [0, 0.05) is 0 Å². The molecule has 4 nitrogen and oxygen atoms in total. The lowest BCUT2D eigenvalue weighted by Gasteiger charge is -2.03. The molecule has 0 radical (unpaired) electrons. The largest absolute Gasteiger partial charge is 0.469 e. The second-order valence-electron chi connectivity index (χ2n) is 3.42. The molecule has 16 heavy (non-hydrogen) atoms. The third kappa shape index (κ3) is 1.82. The number of nitrogens with zero attached hydrogens (tertiary/aromatic N) is 1. The SMILES string of the molecule is CCc1nc(-c2ccoc2C)[nH]c(=O)c1Br. The van der Waals surface area contributed by atoms with E-state index in [0.717, 1.165) is 17.0 Å². The molecule has 0 aliphatic rings. The first-order valence-corrected chi connectivity index (χ1v) is 5.76. The molecule has 5 heteroatoms. The van der Waals surface area contributed by atoms with Gasteiger partial charge in [-0.05, 0) is 35.3 Å². The van der Waals surface area contributed by atoms with E-state index in [-0.39, 0.29) is 5.56 Å². The number of rotatable bonds is 2. The average molecular weight is 283 g/mol.